The molecule has 128 valence electrons. The summed E-state index contributed by atoms with van der Waals surface area (Å²) in [5.41, 5.74) is 2.71. The van der Waals surface area contributed by atoms with Gasteiger partial charge in [0.25, 0.3) is 0 Å². The number of carbonyl (C=O) groups excluding carboxylic acids is 1. The Morgan fingerprint density at radius 2 is 2.08 bits per heavy atom. The molecule has 1 unspecified atom stereocenters. The molecule has 1 aliphatic heterocycles. The van der Waals surface area contributed by atoms with E-state index in [0.717, 1.165) is 19.4 Å². The summed E-state index contributed by atoms with van der Waals surface area (Å²) in [7, 11) is 0. The second-order valence-corrected chi connectivity index (χ2v) is 8.16. The normalized spacial score (nSPS) is 18.1. The molecule has 0 bridgehead atoms. The number of hydrogen-bond donors (Lipinski definition) is 1. The summed E-state index contributed by atoms with van der Waals surface area (Å²) in [6.45, 7) is 7.48. The van der Waals surface area contributed by atoms with Crippen molar-refractivity contribution in [1.29, 1.82) is 0 Å². The van der Waals surface area contributed by atoms with E-state index in [1.807, 2.05) is 4.90 Å². The Bertz CT molecular complexity index is 676. The summed E-state index contributed by atoms with van der Waals surface area (Å²) in [5.74, 6) is 0.560. The van der Waals surface area contributed by atoms with E-state index in [0.29, 0.717) is 10.9 Å². The number of aromatic amines is 1. The Labute approximate surface area is 147 Å². The summed E-state index contributed by atoms with van der Waals surface area (Å²) in [5, 5.41) is 7.27. The molecule has 1 saturated heterocycles. The van der Waals surface area contributed by atoms with Crippen LogP contribution >= 0.6 is 11.8 Å². The highest BCUT2D eigenvalue weighted by atomic mass is 32.2. The summed E-state index contributed by atoms with van der Waals surface area (Å²) in [4.78, 5) is 18.7. The van der Waals surface area contributed by atoms with Crippen molar-refractivity contribution in [2.45, 2.75) is 50.2 Å². The lowest BCUT2D eigenvalue weighted by Gasteiger charge is -2.26. The van der Waals surface area contributed by atoms with Gasteiger partial charge in [0.05, 0.1) is 11.8 Å². The highest BCUT2D eigenvalue weighted by molar-refractivity contribution is 7.99. The van der Waals surface area contributed by atoms with Gasteiger partial charge in [0, 0.05) is 6.54 Å². The third-order valence-electron chi connectivity index (χ3n) is 4.46. The molecule has 1 N–H and O–H groups in total. The Hall–Kier alpha value is -1.82. The van der Waals surface area contributed by atoms with Crippen LogP contribution in [0.4, 0.5) is 0 Å². The Morgan fingerprint density at radius 1 is 1.33 bits per heavy atom. The lowest BCUT2D eigenvalue weighted by Crippen LogP contribution is -2.32. The third-order valence-corrected chi connectivity index (χ3v) is 5.32. The zero-order valence-corrected chi connectivity index (χ0v) is 15.3. The molecule has 3 rings (SSSR count). The van der Waals surface area contributed by atoms with E-state index < -0.39 is 0 Å². The van der Waals surface area contributed by atoms with Gasteiger partial charge >= 0.3 is 0 Å². The molecule has 1 fully saturated rings. The predicted octanol–water partition coefficient (Wildman–Crippen LogP) is 3.56. The van der Waals surface area contributed by atoms with E-state index in [9.17, 15) is 4.79 Å². The van der Waals surface area contributed by atoms with Crippen LogP contribution in [0.3, 0.4) is 0 Å². The zero-order chi connectivity index (χ0) is 17.2. The first-order valence-corrected chi connectivity index (χ1v) is 9.32. The van der Waals surface area contributed by atoms with Gasteiger partial charge in [0.1, 0.15) is 6.33 Å². The minimum absolute atomic E-state index is 0.150. The van der Waals surface area contributed by atoms with Crippen LogP contribution in [0.15, 0.2) is 35.7 Å². The average molecular weight is 344 g/mol. The Balaban J connectivity index is 1.67. The van der Waals surface area contributed by atoms with E-state index in [1.165, 1.54) is 29.2 Å². The van der Waals surface area contributed by atoms with Crippen LogP contribution in [0, 0.1) is 0 Å². The van der Waals surface area contributed by atoms with Gasteiger partial charge in [-0.1, -0.05) is 56.8 Å². The van der Waals surface area contributed by atoms with Gasteiger partial charge in [-0.3, -0.25) is 9.89 Å². The van der Waals surface area contributed by atoms with E-state index in [-0.39, 0.29) is 17.4 Å². The Morgan fingerprint density at radius 3 is 2.71 bits per heavy atom. The molecule has 2 heterocycles. The molecule has 0 spiro atoms. The van der Waals surface area contributed by atoms with Crippen molar-refractivity contribution in [2.24, 2.45) is 0 Å². The number of thioether (sulfide) groups is 1. The predicted molar refractivity (Wildman–Crippen MR) is 95.9 cm³/mol. The maximum Gasteiger partial charge on any atom is 0.233 e. The summed E-state index contributed by atoms with van der Waals surface area (Å²) in [6, 6.07) is 8.95. The second kappa shape index (κ2) is 6.97. The maximum atomic E-state index is 12.6. The van der Waals surface area contributed by atoms with Crippen molar-refractivity contribution in [2.75, 3.05) is 12.3 Å². The fourth-order valence-corrected chi connectivity index (χ4v) is 3.76. The first-order chi connectivity index (χ1) is 11.4. The van der Waals surface area contributed by atoms with Gasteiger partial charge in [0.15, 0.2) is 5.16 Å². The minimum Gasteiger partial charge on any atom is -0.335 e. The molecule has 24 heavy (non-hydrogen) atoms. The number of rotatable bonds is 4. The van der Waals surface area contributed by atoms with Crippen molar-refractivity contribution in [3.8, 4) is 0 Å². The van der Waals surface area contributed by atoms with Crippen LogP contribution in [0.1, 0.15) is 50.8 Å². The van der Waals surface area contributed by atoms with Gasteiger partial charge < -0.3 is 4.90 Å². The van der Waals surface area contributed by atoms with Gasteiger partial charge in [-0.2, -0.15) is 5.10 Å². The van der Waals surface area contributed by atoms with E-state index >= 15 is 0 Å². The molecule has 0 radical (unpaired) electrons. The molecule has 6 heteroatoms. The van der Waals surface area contributed by atoms with Crippen LogP contribution in [0.5, 0.6) is 0 Å². The number of amides is 1. The lowest BCUT2D eigenvalue weighted by atomic mass is 9.86. The SMILES string of the molecule is CC(C)(C)c1ccc(C2CCCN2C(=O)CSc2ncn[nH]2)cc1. The highest BCUT2D eigenvalue weighted by Crippen LogP contribution is 2.34. The second-order valence-electron chi connectivity index (χ2n) is 7.20. The van der Waals surface area contributed by atoms with Crippen LogP contribution < -0.4 is 0 Å². The molecular formula is C18H24N4OS. The summed E-state index contributed by atoms with van der Waals surface area (Å²) in [6.07, 6.45) is 3.56. The number of benzene rings is 1. The Kier molecular flexibility index (Phi) is 4.94. The fraction of sp³-hybridized carbons (Fsp3) is 0.500. The standard InChI is InChI=1S/C18H24N4OS/c1-18(2,3)14-8-6-13(7-9-14)15-5-4-10-22(15)16(23)11-24-17-19-12-20-21-17/h6-9,12,15H,4-5,10-11H2,1-3H3,(H,19,20,21). The number of aromatic nitrogens is 3. The molecule has 1 atom stereocenters. The molecule has 1 aliphatic rings. The van der Waals surface area contributed by atoms with Crippen molar-refractivity contribution < 1.29 is 4.79 Å². The quantitative estimate of drug-likeness (QED) is 0.862. The molecule has 1 aromatic carbocycles. The lowest BCUT2D eigenvalue weighted by molar-refractivity contribution is -0.129. The van der Waals surface area contributed by atoms with Crippen molar-refractivity contribution in [3.05, 3.63) is 41.7 Å². The highest BCUT2D eigenvalue weighted by Gasteiger charge is 2.30. The topological polar surface area (TPSA) is 61.9 Å². The number of nitrogens with zero attached hydrogens (tertiary/aromatic N) is 3. The van der Waals surface area contributed by atoms with Crippen molar-refractivity contribution in [1.82, 2.24) is 20.1 Å². The molecule has 0 saturated carbocycles. The van der Waals surface area contributed by atoms with Gasteiger partial charge in [-0.15, -0.1) is 0 Å². The number of hydrogen-bond acceptors (Lipinski definition) is 4. The molecule has 0 aliphatic carbocycles. The third kappa shape index (κ3) is 3.80. The maximum absolute atomic E-state index is 12.6. The van der Waals surface area contributed by atoms with Gasteiger partial charge in [-0.25, -0.2) is 4.98 Å². The molecular weight excluding hydrogens is 320 g/mol. The van der Waals surface area contributed by atoms with E-state index in [4.69, 9.17) is 0 Å². The monoisotopic (exact) mass is 344 g/mol. The average Bonchev–Trinajstić information content (AvgIpc) is 3.23. The van der Waals surface area contributed by atoms with Gasteiger partial charge in [0.2, 0.25) is 5.91 Å². The number of nitrogens with one attached hydrogen (secondary N) is 1. The number of carbonyl (C=O) groups is 1. The molecule has 5 nitrogen and oxygen atoms in total. The first-order valence-electron chi connectivity index (χ1n) is 8.33. The minimum atomic E-state index is 0.150. The largest absolute Gasteiger partial charge is 0.335 e. The van der Waals surface area contributed by atoms with E-state index in [1.54, 1.807) is 0 Å². The first kappa shape index (κ1) is 17.0. The van der Waals surface area contributed by atoms with Crippen molar-refractivity contribution >= 4 is 17.7 Å². The molecule has 2 aromatic rings. The number of likely N-dealkylation sites (tertiary alicyclic amines) is 1. The molecule has 1 amide bonds. The van der Waals surface area contributed by atoms with Crippen LogP contribution in [0.25, 0.3) is 0 Å². The zero-order valence-electron chi connectivity index (χ0n) is 14.5. The van der Waals surface area contributed by atoms with Gasteiger partial charge in [-0.05, 0) is 29.4 Å². The van der Waals surface area contributed by atoms with E-state index in [2.05, 4.69) is 60.2 Å². The molecule has 1 aromatic heterocycles. The smallest absolute Gasteiger partial charge is 0.233 e. The van der Waals surface area contributed by atoms with Crippen LogP contribution in [-0.2, 0) is 10.2 Å². The summed E-state index contributed by atoms with van der Waals surface area (Å²) >= 11 is 1.40. The summed E-state index contributed by atoms with van der Waals surface area (Å²) < 4.78 is 0. The van der Waals surface area contributed by atoms with Crippen LogP contribution in [-0.4, -0.2) is 38.3 Å². The fourth-order valence-electron chi connectivity index (χ4n) is 3.09. The number of H-pyrrole nitrogens is 1. The van der Waals surface area contributed by atoms with Crippen molar-refractivity contribution in [3.63, 3.8) is 0 Å². The van der Waals surface area contributed by atoms with Crippen LogP contribution in [0.2, 0.25) is 0 Å².